The predicted molar refractivity (Wildman–Crippen MR) is 141 cm³/mol. The molecule has 0 spiro atoms. The summed E-state index contributed by atoms with van der Waals surface area (Å²) in [6, 6.07) is 14.2. The first-order chi connectivity index (χ1) is 17.0. The van der Waals surface area contributed by atoms with Gasteiger partial charge in [0.15, 0.2) is 5.13 Å². The van der Waals surface area contributed by atoms with Gasteiger partial charge in [0, 0.05) is 41.6 Å². The number of amides is 1. The van der Waals surface area contributed by atoms with Gasteiger partial charge in [-0.3, -0.25) is 24.8 Å². The van der Waals surface area contributed by atoms with Crippen LogP contribution in [-0.2, 0) is 6.54 Å². The quantitative estimate of drug-likeness (QED) is 0.209. The number of carbonyl (C=O) groups is 1. The standard InChI is InChI=1S/C25H22BrN5O3S/c26-19-7-8-20-23(14-19)35-25(28-20)30(16-17-5-4-10-27-15-17)24(32)18-6-9-21(22(13-18)31(33)34)29-11-2-1-3-12-29/h4-10,13-15H,1-3,11-12,16H2. The second-order valence-electron chi connectivity index (χ2n) is 8.37. The highest BCUT2D eigenvalue weighted by Crippen LogP contribution is 2.35. The number of rotatable bonds is 6. The van der Waals surface area contributed by atoms with Gasteiger partial charge in [0.1, 0.15) is 5.69 Å². The average Bonchev–Trinajstić information content (AvgIpc) is 3.30. The molecule has 0 aliphatic carbocycles. The molecule has 0 saturated carbocycles. The highest BCUT2D eigenvalue weighted by atomic mass is 79.9. The van der Waals surface area contributed by atoms with E-state index >= 15 is 0 Å². The van der Waals surface area contributed by atoms with Crippen molar-refractivity contribution >= 4 is 59.9 Å². The van der Waals surface area contributed by atoms with Gasteiger partial charge in [-0.1, -0.05) is 33.3 Å². The van der Waals surface area contributed by atoms with E-state index in [1.165, 1.54) is 17.4 Å². The molecule has 1 amide bonds. The molecule has 8 nitrogen and oxygen atoms in total. The number of nitrogens with zero attached hydrogens (tertiary/aromatic N) is 5. The number of nitro groups is 1. The molecule has 2 aromatic heterocycles. The SMILES string of the molecule is O=C(c1ccc(N2CCCCC2)c([N+](=O)[O-])c1)N(Cc1cccnc1)c1nc2ccc(Br)cc2s1. The third-order valence-electron chi connectivity index (χ3n) is 5.99. The summed E-state index contributed by atoms with van der Waals surface area (Å²) in [4.78, 5) is 37.8. The molecule has 1 saturated heterocycles. The van der Waals surface area contributed by atoms with Crippen molar-refractivity contribution in [3.05, 3.63) is 86.6 Å². The molecule has 1 aliphatic rings. The number of fused-ring (bicyclic) bond motifs is 1. The Balaban J connectivity index is 1.54. The van der Waals surface area contributed by atoms with Crippen molar-refractivity contribution in [3.63, 3.8) is 0 Å². The lowest BCUT2D eigenvalue weighted by Crippen LogP contribution is -2.31. The highest BCUT2D eigenvalue weighted by molar-refractivity contribution is 9.10. The number of anilines is 2. The van der Waals surface area contributed by atoms with Crippen LogP contribution in [0.1, 0.15) is 35.2 Å². The molecule has 2 aromatic carbocycles. The zero-order valence-corrected chi connectivity index (χ0v) is 21.2. The summed E-state index contributed by atoms with van der Waals surface area (Å²) in [6.07, 6.45) is 6.51. The van der Waals surface area contributed by atoms with Crippen LogP contribution in [0.4, 0.5) is 16.5 Å². The number of halogens is 1. The number of piperidine rings is 1. The maximum absolute atomic E-state index is 13.8. The van der Waals surface area contributed by atoms with Gasteiger partial charge in [0.2, 0.25) is 0 Å². The number of carbonyl (C=O) groups excluding carboxylic acids is 1. The van der Waals surface area contributed by atoms with Crippen LogP contribution in [0, 0.1) is 10.1 Å². The van der Waals surface area contributed by atoms with E-state index in [1.807, 2.05) is 35.2 Å². The lowest BCUT2D eigenvalue weighted by Gasteiger charge is -2.28. The maximum Gasteiger partial charge on any atom is 0.293 e. The second-order valence-corrected chi connectivity index (χ2v) is 10.3. The first-order valence-corrected chi connectivity index (χ1v) is 12.9. The number of hydrogen-bond acceptors (Lipinski definition) is 7. The van der Waals surface area contributed by atoms with E-state index in [2.05, 4.69) is 25.9 Å². The molecule has 4 aromatic rings. The average molecular weight is 552 g/mol. The number of nitro benzene ring substituents is 1. The molecule has 1 aliphatic heterocycles. The predicted octanol–water partition coefficient (Wildman–Crippen LogP) is 6.20. The molecule has 10 heteroatoms. The maximum atomic E-state index is 13.8. The first-order valence-electron chi connectivity index (χ1n) is 11.3. The third kappa shape index (κ3) is 5.03. The molecule has 0 unspecified atom stereocenters. The van der Waals surface area contributed by atoms with Crippen LogP contribution in [0.25, 0.3) is 10.2 Å². The van der Waals surface area contributed by atoms with Gasteiger partial charge >= 0.3 is 0 Å². The minimum Gasteiger partial charge on any atom is -0.366 e. The summed E-state index contributed by atoms with van der Waals surface area (Å²) < 4.78 is 1.86. The molecule has 3 heterocycles. The molecule has 0 radical (unpaired) electrons. The van der Waals surface area contributed by atoms with E-state index in [-0.39, 0.29) is 23.7 Å². The fourth-order valence-electron chi connectivity index (χ4n) is 4.26. The van der Waals surface area contributed by atoms with Gasteiger partial charge in [-0.05, 0) is 61.2 Å². The van der Waals surface area contributed by atoms with Gasteiger partial charge in [0.05, 0.1) is 21.7 Å². The van der Waals surface area contributed by atoms with E-state index in [4.69, 9.17) is 0 Å². The molecular formula is C25H22BrN5O3S. The van der Waals surface area contributed by atoms with Crippen molar-refractivity contribution in [2.75, 3.05) is 22.9 Å². The Bertz CT molecular complexity index is 1390. The van der Waals surface area contributed by atoms with Crippen molar-refractivity contribution in [1.82, 2.24) is 9.97 Å². The summed E-state index contributed by atoms with van der Waals surface area (Å²) >= 11 is 4.88. The minimum absolute atomic E-state index is 0.0488. The van der Waals surface area contributed by atoms with Gasteiger partial charge in [-0.2, -0.15) is 0 Å². The lowest BCUT2D eigenvalue weighted by molar-refractivity contribution is -0.384. The Hall–Kier alpha value is -3.37. The van der Waals surface area contributed by atoms with Crippen molar-refractivity contribution in [2.24, 2.45) is 0 Å². The van der Waals surface area contributed by atoms with Crippen LogP contribution < -0.4 is 9.80 Å². The van der Waals surface area contributed by atoms with Gasteiger partial charge in [0.25, 0.3) is 11.6 Å². The number of thiazole rings is 1. The van der Waals surface area contributed by atoms with E-state index in [1.54, 1.807) is 29.4 Å². The topological polar surface area (TPSA) is 92.5 Å². The van der Waals surface area contributed by atoms with E-state index in [0.717, 1.165) is 52.6 Å². The summed E-state index contributed by atoms with van der Waals surface area (Å²) in [7, 11) is 0. The monoisotopic (exact) mass is 551 g/mol. The molecule has 0 atom stereocenters. The fourth-order valence-corrected chi connectivity index (χ4v) is 5.78. The van der Waals surface area contributed by atoms with E-state index < -0.39 is 4.92 Å². The summed E-state index contributed by atoms with van der Waals surface area (Å²) in [5.74, 6) is -0.347. The molecule has 0 bridgehead atoms. The van der Waals surface area contributed by atoms with Crippen molar-refractivity contribution in [1.29, 1.82) is 0 Å². The van der Waals surface area contributed by atoms with Crippen LogP contribution in [0.2, 0.25) is 0 Å². The van der Waals surface area contributed by atoms with Crippen molar-refractivity contribution in [3.8, 4) is 0 Å². The first kappa shape index (κ1) is 23.4. The summed E-state index contributed by atoms with van der Waals surface area (Å²) in [6.45, 7) is 1.81. The zero-order chi connectivity index (χ0) is 24.4. The van der Waals surface area contributed by atoms with Crippen LogP contribution in [0.3, 0.4) is 0 Å². The Labute approximate surface area is 214 Å². The second kappa shape index (κ2) is 10.1. The molecule has 1 fully saturated rings. The Kier molecular flexibility index (Phi) is 6.74. The zero-order valence-electron chi connectivity index (χ0n) is 18.8. The molecule has 0 N–H and O–H groups in total. The van der Waals surface area contributed by atoms with Crippen LogP contribution in [-0.4, -0.2) is 33.9 Å². The smallest absolute Gasteiger partial charge is 0.293 e. The number of hydrogen-bond donors (Lipinski definition) is 0. The molecule has 178 valence electrons. The van der Waals surface area contributed by atoms with E-state index in [9.17, 15) is 14.9 Å². The molecular weight excluding hydrogens is 530 g/mol. The minimum atomic E-state index is -0.401. The Morgan fingerprint density at radius 3 is 2.71 bits per heavy atom. The van der Waals surface area contributed by atoms with Crippen molar-refractivity contribution < 1.29 is 9.72 Å². The fraction of sp³-hybridized carbons (Fsp3) is 0.240. The number of aromatic nitrogens is 2. The highest BCUT2D eigenvalue weighted by Gasteiger charge is 2.27. The Morgan fingerprint density at radius 2 is 1.97 bits per heavy atom. The largest absolute Gasteiger partial charge is 0.366 e. The van der Waals surface area contributed by atoms with Crippen LogP contribution in [0.15, 0.2) is 65.4 Å². The molecule has 5 rings (SSSR count). The number of pyridine rings is 1. The number of benzene rings is 2. The van der Waals surface area contributed by atoms with E-state index in [0.29, 0.717) is 10.8 Å². The molecule has 35 heavy (non-hydrogen) atoms. The van der Waals surface area contributed by atoms with Gasteiger partial charge < -0.3 is 4.90 Å². The van der Waals surface area contributed by atoms with Crippen LogP contribution in [0.5, 0.6) is 0 Å². The Morgan fingerprint density at radius 1 is 1.14 bits per heavy atom. The third-order valence-corrected chi connectivity index (χ3v) is 7.53. The van der Waals surface area contributed by atoms with Crippen LogP contribution >= 0.6 is 27.3 Å². The summed E-state index contributed by atoms with van der Waals surface area (Å²) in [5, 5.41) is 12.5. The normalized spacial score (nSPS) is 13.7. The van der Waals surface area contributed by atoms with Crippen molar-refractivity contribution in [2.45, 2.75) is 25.8 Å². The lowest BCUT2D eigenvalue weighted by atomic mass is 10.1. The summed E-state index contributed by atoms with van der Waals surface area (Å²) in [5.41, 5.74) is 2.38. The van der Waals surface area contributed by atoms with Gasteiger partial charge in [-0.15, -0.1) is 0 Å². The van der Waals surface area contributed by atoms with Gasteiger partial charge in [-0.25, -0.2) is 4.98 Å².